The number of nitrogens with two attached hydrogens (primary N) is 1. The Balaban J connectivity index is 2.63. The van der Waals surface area contributed by atoms with E-state index in [1.54, 1.807) is 0 Å². The van der Waals surface area contributed by atoms with Crippen molar-refractivity contribution in [3.63, 3.8) is 0 Å². The summed E-state index contributed by atoms with van der Waals surface area (Å²) in [5, 5.41) is 1.69. The van der Waals surface area contributed by atoms with E-state index in [2.05, 4.69) is 4.98 Å². The van der Waals surface area contributed by atoms with Crippen molar-refractivity contribution in [1.82, 2.24) is 4.98 Å². The highest BCUT2D eigenvalue weighted by molar-refractivity contribution is 6.31. The predicted molar refractivity (Wildman–Crippen MR) is 60.9 cm³/mol. The number of H-pyrrole nitrogens is 1. The van der Waals surface area contributed by atoms with Gasteiger partial charge in [0.05, 0.1) is 6.42 Å². The number of carbonyl (C=O) groups is 1. The first-order chi connectivity index (χ1) is 7.08. The van der Waals surface area contributed by atoms with Gasteiger partial charge in [-0.1, -0.05) is 17.7 Å². The lowest BCUT2D eigenvalue weighted by molar-refractivity contribution is -0.117. The molecule has 0 aliphatic carbocycles. The SMILES string of the molecule is Cc1[nH]c2cc(Cl)ccc2c1CC(N)=O. The average molecular weight is 223 g/mol. The molecule has 0 bridgehead atoms. The second-order valence-corrected chi connectivity index (χ2v) is 4.00. The maximum absolute atomic E-state index is 10.9. The number of carbonyl (C=O) groups excluding carboxylic acids is 1. The number of fused-ring (bicyclic) bond motifs is 1. The lowest BCUT2D eigenvalue weighted by atomic mass is 10.1. The van der Waals surface area contributed by atoms with Crippen LogP contribution in [0.4, 0.5) is 0 Å². The first kappa shape index (κ1) is 10.1. The van der Waals surface area contributed by atoms with Crippen LogP contribution in [0.1, 0.15) is 11.3 Å². The lowest BCUT2D eigenvalue weighted by Crippen LogP contribution is -2.13. The van der Waals surface area contributed by atoms with E-state index in [0.717, 1.165) is 22.2 Å². The van der Waals surface area contributed by atoms with Gasteiger partial charge in [0.2, 0.25) is 5.91 Å². The highest BCUT2D eigenvalue weighted by Gasteiger charge is 2.10. The zero-order chi connectivity index (χ0) is 11.0. The third-order valence-corrected chi connectivity index (χ3v) is 2.67. The Hall–Kier alpha value is -1.48. The summed E-state index contributed by atoms with van der Waals surface area (Å²) in [5.41, 5.74) is 8.05. The van der Waals surface area contributed by atoms with Gasteiger partial charge >= 0.3 is 0 Å². The molecule has 0 spiro atoms. The van der Waals surface area contributed by atoms with Crippen molar-refractivity contribution in [3.8, 4) is 0 Å². The number of aromatic nitrogens is 1. The summed E-state index contributed by atoms with van der Waals surface area (Å²) in [6.45, 7) is 1.92. The van der Waals surface area contributed by atoms with Crippen LogP contribution in [-0.4, -0.2) is 10.9 Å². The van der Waals surface area contributed by atoms with Crippen molar-refractivity contribution in [2.45, 2.75) is 13.3 Å². The summed E-state index contributed by atoms with van der Waals surface area (Å²) in [4.78, 5) is 14.1. The van der Waals surface area contributed by atoms with E-state index in [-0.39, 0.29) is 12.3 Å². The molecule has 4 heteroatoms. The number of aromatic amines is 1. The minimum Gasteiger partial charge on any atom is -0.369 e. The Morgan fingerprint density at radius 3 is 2.93 bits per heavy atom. The second kappa shape index (κ2) is 3.59. The summed E-state index contributed by atoms with van der Waals surface area (Å²) in [6.07, 6.45) is 0.257. The lowest BCUT2D eigenvalue weighted by Gasteiger charge is -1.97. The van der Waals surface area contributed by atoms with Gasteiger partial charge in [-0.05, 0) is 24.6 Å². The molecule has 1 amide bonds. The highest BCUT2D eigenvalue weighted by Crippen LogP contribution is 2.25. The normalized spacial score (nSPS) is 10.8. The monoisotopic (exact) mass is 222 g/mol. The molecule has 3 N–H and O–H groups in total. The molecule has 0 unspecified atom stereocenters. The Labute approximate surface area is 92.2 Å². The van der Waals surface area contributed by atoms with Crippen molar-refractivity contribution < 1.29 is 4.79 Å². The van der Waals surface area contributed by atoms with Gasteiger partial charge in [0.25, 0.3) is 0 Å². The first-order valence-corrected chi connectivity index (χ1v) is 5.00. The van der Waals surface area contributed by atoms with Gasteiger partial charge < -0.3 is 10.7 Å². The van der Waals surface area contributed by atoms with E-state index >= 15 is 0 Å². The Morgan fingerprint density at radius 1 is 1.53 bits per heavy atom. The van der Waals surface area contributed by atoms with E-state index in [1.165, 1.54) is 0 Å². The van der Waals surface area contributed by atoms with Crippen LogP contribution in [0.3, 0.4) is 0 Å². The van der Waals surface area contributed by atoms with Crippen LogP contribution in [0.15, 0.2) is 18.2 Å². The van der Waals surface area contributed by atoms with Gasteiger partial charge in [-0.25, -0.2) is 0 Å². The van der Waals surface area contributed by atoms with Crippen LogP contribution in [-0.2, 0) is 11.2 Å². The van der Waals surface area contributed by atoms with Crippen LogP contribution in [0.25, 0.3) is 10.9 Å². The molecule has 0 saturated heterocycles. The molecule has 78 valence electrons. The standard InChI is InChI=1S/C11H11ClN2O/c1-6-9(5-11(13)15)8-3-2-7(12)4-10(8)14-6/h2-4,14H,5H2,1H3,(H2,13,15). The molecule has 15 heavy (non-hydrogen) atoms. The summed E-state index contributed by atoms with van der Waals surface area (Å²) >= 11 is 5.87. The molecule has 2 aromatic rings. The Kier molecular flexibility index (Phi) is 2.40. The Bertz CT molecular complexity index is 531. The molecule has 0 fully saturated rings. The second-order valence-electron chi connectivity index (χ2n) is 3.56. The fourth-order valence-electron chi connectivity index (χ4n) is 1.76. The number of nitrogens with one attached hydrogen (secondary N) is 1. The molecule has 1 heterocycles. The fourth-order valence-corrected chi connectivity index (χ4v) is 1.94. The van der Waals surface area contributed by atoms with Crippen molar-refractivity contribution in [2.75, 3.05) is 0 Å². The summed E-state index contributed by atoms with van der Waals surface area (Å²) < 4.78 is 0. The van der Waals surface area contributed by atoms with E-state index in [1.807, 2.05) is 25.1 Å². The zero-order valence-electron chi connectivity index (χ0n) is 8.30. The average Bonchev–Trinajstić information content (AvgIpc) is 2.41. The number of benzene rings is 1. The van der Waals surface area contributed by atoms with Gasteiger partial charge in [0.15, 0.2) is 0 Å². The predicted octanol–water partition coefficient (Wildman–Crippen LogP) is 2.16. The summed E-state index contributed by atoms with van der Waals surface area (Å²) in [5.74, 6) is -0.325. The third-order valence-electron chi connectivity index (χ3n) is 2.43. The fraction of sp³-hybridized carbons (Fsp3) is 0.182. The van der Waals surface area contributed by atoms with Crippen molar-refractivity contribution >= 4 is 28.4 Å². The van der Waals surface area contributed by atoms with Crippen molar-refractivity contribution in [3.05, 3.63) is 34.5 Å². The quantitative estimate of drug-likeness (QED) is 0.804. The molecular formula is C11H11ClN2O. The van der Waals surface area contributed by atoms with Gasteiger partial charge in [0.1, 0.15) is 0 Å². The van der Waals surface area contributed by atoms with Crippen LogP contribution in [0.2, 0.25) is 5.02 Å². The molecule has 1 aromatic carbocycles. The molecule has 0 aliphatic rings. The number of primary amides is 1. The number of rotatable bonds is 2. The minimum absolute atomic E-state index is 0.257. The first-order valence-electron chi connectivity index (χ1n) is 4.63. The number of halogens is 1. The maximum Gasteiger partial charge on any atom is 0.221 e. The van der Waals surface area contributed by atoms with Crippen LogP contribution < -0.4 is 5.73 Å². The molecule has 1 aromatic heterocycles. The topological polar surface area (TPSA) is 58.9 Å². The molecule has 0 atom stereocenters. The number of aryl methyl sites for hydroxylation is 1. The van der Waals surface area contributed by atoms with E-state index in [4.69, 9.17) is 17.3 Å². The highest BCUT2D eigenvalue weighted by atomic mass is 35.5. The summed E-state index contributed by atoms with van der Waals surface area (Å²) in [7, 11) is 0. The van der Waals surface area contributed by atoms with Crippen LogP contribution in [0.5, 0.6) is 0 Å². The molecule has 0 aliphatic heterocycles. The number of hydrogen-bond acceptors (Lipinski definition) is 1. The molecule has 0 saturated carbocycles. The zero-order valence-corrected chi connectivity index (χ0v) is 9.06. The van der Waals surface area contributed by atoms with Gasteiger partial charge in [-0.3, -0.25) is 4.79 Å². The van der Waals surface area contributed by atoms with E-state index < -0.39 is 0 Å². The molecule has 0 radical (unpaired) electrons. The third kappa shape index (κ3) is 1.83. The summed E-state index contributed by atoms with van der Waals surface area (Å²) in [6, 6.07) is 5.55. The minimum atomic E-state index is -0.325. The largest absolute Gasteiger partial charge is 0.369 e. The van der Waals surface area contributed by atoms with Crippen LogP contribution >= 0.6 is 11.6 Å². The molecule has 2 rings (SSSR count). The van der Waals surface area contributed by atoms with Crippen molar-refractivity contribution in [2.24, 2.45) is 5.73 Å². The van der Waals surface area contributed by atoms with Gasteiger partial charge in [-0.15, -0.1) is 0 Å². The van der Waals surface area contributed by atoms with Crippen LogP contribution in [0, 0.1) is 6.92 Å². The van der Waals surface area contributed by atoms with Crippen molar-refractivity contribution in [1.29, 1.82) is 0 Å². The van der Waals surface area contributed by atoms with Gasteiger partial charge in [0, 0.05) is 21.6 Å². The number of amides is 1. The number of hydrogen-bond donors (Lipinski definition) is 2. The Morgan fingerprint density at radius 2 is 2.27 bits per heavy atom. The smallest absolute Gasteiger partial charge is 0.221 e. The molecule has 3 nitrogen and oxygen atoms in total. The van der Waals surface area contributed by atoms with E-state index in [9.17, 15) is 4.79 Å². The van der Waals surface area contributed by atoms with E-state index in [0.29, 0.717) is 5.02 Å². The molecular weight excluding hydrogens is 212 g/mol. The van der Waals surface area contributed by atoms with Gasteiger partial charge in [-0.2, -0.15) is 0 Å². The maximum atomic E-state index is 10.9.